The SMILES string of the molecule is NC(=O)C(CO)NC(=O)COc1c2cccc1Cc1cccc(c1O)Cc1cccc(c1OCC(=O)NC(CO)C(N)=O)Cc1cccc(c1O)C2. The van der Waals surface area contributed by atoms with E-state index in [1.165, 1.54) is 0 Å². The first-order chi connectivity index (χ1) is 25.0. The van der Waals surface area contributed by atoms with E-state index in [1.54, 1.807) is 60.7 Å². The molecule has 0 fully saturated rings. The van der Waals surface area contributed by atoms with Crippen LogP contribution in [0.3, 0.4) is 0 Å². The van der Waals surface area contributed by atoms with Gasteiger partial charge in [-0.2, -0.15) is 0 Å². The van der Waals surface area contributed by atoms with Crippen molar-refractivity contribution in [3.05, 3.63) is 117 Å². The van der Waals surface area contributed by atoms with Crippen molar-refractivity contribution in [1.29, 1.82) is 0 Å². The number of nitrogens with two attached hydrogens (primary N) is 2. The molecule has 0 spiro atoms. The highest BCUT2D eigenvalue weighted by Gasteiger charge is 2.23. The molecular formula is C38H40N4O10. The summed E-state index contributed by atoms with van der Waals surface area (Å²) >= 11 is 0. The first-order valence-electron chi connectivity index (χ1n) is 16.4. The first-order valence-corrected chi connectivity index (χ1v) is 16.4. The molecule has 4 aromatic rings. The molecule has 0 heterocycles. The van der Waals surface area contributed by atoms with Gasteiger partial charge in [0.2, 0.25) is 11.8 Å². The number of carbonyl (C=O) groups excluding carboxylic acids is 4. The van der Waals surface area contributed by atoms with Crippen LogP contribution in [-0.2, 0) is 44.9 Å². The summed E-state index contributed by atoms with van der Waals surface area (Å²) in [4.78, 5) is 48.6. The Bertz CT molecular complexity index is 1760. The highest BCUT2D eigenvalue weighted by atomic mass is 16.5. The minimum atomic E-state index is -1.29. The Morgan fingerprint density at radius 1 is 0.538 bits per heavy atom. The molecule has 0 aromatic heterocycles. The molecule has 2 unspecified atom stereocenters. The first kappa shape index (κ1) is 37.1. The molecule has 14 nitrogen and oxygen atoms in total. The number of phenolic OH excluding ortho intramolecular Hbond substituents is 2. The fourth-order valence-electron chi connectivity index (χ4n) is 6.04. The van der Waals surface area contributed by atoms with E-state index in [0.717, 1.165) is 0 Å². The number of ether oxygens (including phenoxy) is 2. The second-order valence-electron chi connectivity index (χ2n) is 12.4. The number of para-hydroxylation sites is 4. The Labute approximate surface area is 299 Å². The monoisotopic (exact) mass is 712 g/mol. The van der Waals surface area contributed by atoms with Crippen LogP contribution in [0.2, 0.25) is 0 Å². The maximum absolute atomic E-state index is 12.7. The van der Waals surface area contributed by atoms with Crippen LogP contribution in [0.5, 0.6) is 23.0 Å². The Hall–Kier alpha value is -6.12. The van der Waals surface area contributed by atoms with E-state index in [2.05, 4.69) is 10.6 Å². The minimum Gasteiger partial charge on any atom is -0.507 e. The predicted octanol–water partition coefficient (Wildman–Crippen LogP) is 0.457. The van der Waals surface area contributed by atoms with Gasteiger partial charge in [0.1, 0.15) is 35.1 Å². The fraction of sp³-hybridized carbons (Fsp3) is 0.263. The standard InChI is InChI=1S/C38H40N4O10/c39-37(49)29(17-43)41-31(45)19-51-35-25-9-3-11-27(35)15-23-7-2-8-24(34(23)48)16-28-12-4-10-26(14-22-6-1-5-21(13-25)33(22)47)36(28)52-20-32(46)42-30(18-44)38(40)50/h1-12,29-30,43-44,47-48H,13-20H2,(H2,39,49)(H2,40,50)(H,41,45)(H,42,46). The van der Waals surface area contributed by atoms with E-state index in [4.69, 9.17) is 20.9 Å². The lowest BCUT2D eigenvalue weighted by Crippen LogP contribution is -2.48. The van der Waals surface area contributed by atoms with Crippen LogP contribution in [-0.4, -0.2) is 82.6 Å². The van der Waals surface area contributed by atoms with Gasteiger partial charge >= 0.3 is 0 Å². The summed E-state index contributed by atoms with van der Waals surface area (Å²) in [5.41, 5.74) is 15.2. The predicted molar refractivity (Wildman–Crippen MR) is 188 cm³/mol. The second-order valence-corrected chi connectivity index (χ2v) is 12.4. The molecule has 0 saturated carbocycles. The molecule has 4 amide bonds. The van der Waals surface area contributed by atoms with Crippen molar-refractivity contribution in [2.45, 2.75) is 37.8 Å². The van der Waals surface area contributed by atoms with Crippen LogP contribution in [0.4, 0.5) is 0 Å². The van der Waals surface area contributed by atoms with Crippen LogP contribution in [0, 0.1) is 0 Å². The van der Waals surface area contributed by atoms with Gasteiger partial charge in [-0.15, -0.1) is 0 Å². The molecule has 272 valence electrons. The Balaban J connectivity index is 1.55. The van der Waals surface area contributed by atoms with E-state index in [9.17, 15) is 39.6 Å². The molecule has 5 rings (SSSR count). The molecular weight excluding hydrogens is 672 g/mol. The summed E-state index contributed by atoms with van der Waals surface area (Å²) in [6.45, 7) is -2.37. The van der Waals surface area contributed by atoms with Crippen LogP contribution >= 0.6 is 0 Å². The second kappa shape index (κ2) is 16.7. The number of nitrogens with one attached hydrogen (secondary N) is 2. The van der Waals surface area contributed by atoms with E-state index in [1.807, 2.05) is 12.1 Å². The van der Waals surface area contributed by atoms with Crippen molar-refractivity contribution >= 4 is 23.6 Å². The maximum atomic E-state index is 12.7. The van der Waals surface area contributed by atoms with Gasteiger partial charge < -0.3 is 52.0 Å². The lowest BCUT2D eigenvalue weighted by atomic mass is 9.91. The minimum absolute atomic E-state index is 0.0140. The van der Waals surface area contributed by atoms with E-state index in [0.29, 0.717) is 56.0 Å². The van der Waals surface area contributed by atoms with E-state index < -0.39 is 62.1 Å². The van der Waals surface area contributed by atoms with Crippen molar-refractivity contribution in [2.75, 3.05) is 26.4 Å². The Morgan fingerprint density at radius 3 is 1.06 bits per heavy atom. The van der Waals surface area contributed by atoms with Gasteiger partial charge in [-0.1, -0.05) is 72.8 Å². The molecule has 4 aromatic carbocycles. The normalized spacial score (nSPS) is 13.3. The molecule has 8 bridgehead atoms. The van der Waals surface area contributed by atoms with Gasteiger partial charge in [-0.05, 0) is 44.5 Å². The number of aliphatic hydroxyl groups is 2. The smallest absolute Gasteiger partial charge is 0.258 e. The van der Waals surface area contributed by atoms with Crippen molar-refractivity contribution in [2.24, 2.45) is 11.5 Å². The Kier molecular flexibility index (Phi) is 11.9. The molecule has 14 heteroatoms. The number of rotatable bonds is 12. The topological polar surface area (TPSA) is 244 Å². The van der Waals surface area contributed by atoms with Gasteiger partial charge in [0.25, 0.3) is 11.8 Å². The lowest BCUT2D eigenvalue weighted by molar-refractivity contribution is -0.129. The summed E-state index contributed by atoms with van der Waals surface area (Å²) in [5, 5.41) is 46.6. The van der Waals surface area contributed by atoms with Gasteiger partial charge in [0.05, 0.1) is 13.2 Å². The van der Waals surface area contributed by atoms with Crippen molar-refractivity contribution in [1.82, 2.24) is 10.6 Å². The van der Waals surface area contributed by atoms with Gasteiger partial charge in [0.15, 0.2) is 13.2 Å². The zero-order chi connectivity index (χ0) is 37.4. The molecule has 1 aliphatic carbocycles. The maximum Gasteiger partial charge on any atom is 0.258 e. The highest BCUT2D eigenvalue weighted by Crippen LogP contribution is 2.38. The molecule has 10 N–H and O–H groups in total. The van der Waals surface area contributed by atoms with Crippen molar-refractivity contribution < 1.29 is 49.1 Å². The number of aromatic hydroxyl groups is 2. The summed E-state index contributed by atoms with van der Waals surface area (Å²) < 4.78 is 12.1. The molecule has 0 radical (unpaired) electrons. The zero-order valence-electron chi connectivity index (χ0n) is 28.1. The van der Waals surface area contributed by atoms with Gasteiger partial charge in [-0.25, -0.2) is 0 Å². The highest BCUT2D eigenvalue weighted by molar-refractivity contribution is 5.88. The van der Waals surface area contributed by atoms with Crippen LogP contribution in [0.25, 0.3) is 0 Å². The number of phenols is 2. The average Bonchev–Trinajstić information content (AvgIpc) is 3.11. The average molecular weight is 713 g/mol. The number of primary amides is 2. The summed E-state index contributed by atoms with van der Waals surface area (Å²) in [5.74, 6) is -2.46. The lowest BCUT2D eigenvalue weighted by Gasteiger charge is -2.21. The quantitative estimate of drug-likeness (QED) is 0.0888. The molecule has 0 saturated heterocycles. The number of amides is 4. The summed E-state index contributed by atoms with van der Waals surface area (Å²) in [6, 6.07) is 18.9. The van der Waals surface area contributed by atoms with Crippen LogP contribution in [0.1, 0.15) is 44.5 Å². The number of aliphatic hydroxyl groups excluding tert-OH is 2. The molecule has 1 aliphatic rings. The van der Waals surface area contributed by atoms with Crippen LogP contribution < -0.4 is 31.6 Å². The molecule has 52 heavy (non-hydrogen) atoms. The molecule has 0 aliphatic heterocycles. The number of hydrogen-bond donors (Lipinski definition) is 8. The van der Waals surface area contributed by atoms with Gasteiger partial charge in [0, 0.05) is 25.7 Å². The summed E-state index contributed by atoms with van der Waals surface area (Å²) in [7, 11) is 0. The van der Waals surface area contributed by atoms with Crippen LogP contribution in [0.15, 0.2) is 72.8 Å². The van der Waals surface area contributed by atoms with Crippen molar-refractivity contribution in [3.63, 3.8) is 0 Å². The number of fused-ring (bicyclic) bond motifs is 8. The van der Waals surface area contributed by atoms with Crippen molar-refractivity contribution in [3.8, 4) is 23.0 Å². The molecule has 2 atom stereocenters. The third-order valence-electron chi connectivity index (χ3n) is 8.70. The van der Waals surface area contributed by atoms with E-state index >= 15 is 0 Å². The van der Waals surface area contributed by atoms with E-state index in [-0.39, 0.29) is 37.2 Å². The third-order valence-corrected chi connectivity index (χ3v) is 8.70. The van der Waals surface area contributed by atoms with Gasteiger partial charge in [-0.3, -0.25) is 19.2 Å². The Morgan fingerprint density at radius 2 is 0.808 bits per heavy atom. The fourth-order valence-corrected chi connectivity index (χ4v) is 6.04. The number of benzene rings is 4. The summed E-state index contributed by atoms with van der Waals surface area (Å²) in [6.07, 6.45) is 0.748. The third kappa shape index (κ3) is 8.78. The largest absolute Gasteiger partial charge is 0.507 e. The number of hydrogen-bond acceptors (Lipinski definition) is 10. The zero-order valence-corrected chi connectivity index (χ0v) is 28.1. The number of carbonyl (C=O) groups is 4.